The summed E-state index contributed by atoms with van der Waals surface area (Å²) in [6.07, 6.45) is 13.6. The summed E-state index contributed by atoms with van der Waals surface area (Å²) in [5, 5.41) is 0. The average Bonchev–Trinajstić information content (AvgIpc) is 2.64. The smallest absolute Gasteiger partial charge is 0.323 e. The van der Waals surface area contributed by atoms with Gasteiger partial charge in [-0.3, -0.25) is 9.59 Å². The van der Waals surface area contributed by atoms with Gasteiger partial charge < -0.3 is 15.2 Å². The third kappa shape index (κ3) is 5.97. The minimum absolute atomic E-state index is 0.0866. The summed E-state index contributed by atoms with van der Waals surface area (Å²) < 4.78 is 10.6. The van der Waals surface area contributed by atoms with Crippen LogP contribution in [0.25, 0.3) is 0 Å². The molecule has 0 radical (unpaired) electrons. The Hall–Kier alpha value is -1.10. The van der Waals surface area contributed by atoms with Gasteiger partial charge in [0.15, 0.2) is 0 Å². The standard InChI is InChI=1S/C21H35NO4/c22-19-14-20(23)25-11-9-15-1-5-17(6-2-15)13-18-7-3-16(4-8-18)10-12-26-21(19)24/h15-19H,1-14,22H2/t15?,16?,17?,18?,19-/m0/s1. The molecule has 3 saturated heterocycles. The molecule has 0 unspecified atom stereocenters. The molecular formula is C21H35NO4. The molecule has 0 aromatic carbocycles. The normalized spacial score (nSPS) is 38.0. The van der Waals surface area contributed by atoms with Crippen molar-refractivity contribution in [2.24, 2.45) is 29.4 Å². The summed E-state index contributed by atoms with van der Waals surface area (Å²) in [5.41, 5.74) is 5.80. The first-order valence-electron chi connectivity index (χ1n) is 10.7. The van der Waals surface area contributed by atoms with E-state index in [0.717, 1.165) is 24.7 Å². The van der Waals surface area contributed by atoms with E-state index < -0.39 is 12.0 Å². The van der Waals surface area contributed by atoms with Crippen molar-refractivity contribution in [2.75, 3.05) is 13.2 Å². The van der Waals surface area contributed by atoms with E-state index in [4.69, 9.17) is 15.2 Å². The van der Waals surface area contributed by atoms with Crippen LogP contribution in [0.4, 0.5) is 0 Å². The fraction of sp³-hybridized carbons (Fsp3) is 0.905. The topological polar surface area (TPSA) is 78.6 Å². The first-order valence-corrected chi connectivity index (χ1v) is 10.7. The van der Waals surface area contributed by atoms with Crippen LogP contribution in [0, 0.1) is 23.7 Å². The van der Waals surface area contributed by atoms with Gasteiger partial charge in [0.25, 0.3) is 0 Å². The lowest BCUT2D eigenvalue weighted by atomic mass is 9.72. The maximum Gasteiger partial charge on any atom is 0.323 e. The van der Waals surface area contributed by atoms with E-state index in [1.165, 1.54) is 57.8 Å². The van der Waals surface area contributed by atoms with Crippen LogP contribution in [0.5, 0.6) is 0 Å². The van der Waals surface area contributed by atoms with Crippen LogP contribution in [0.1, 0.15) is 77.0 Å². The van der Waals surface area contributed by atoms with Crippen LogP contribution in [0.15, 0.2) is 0 Å². The predicted molar refractivity (Wildman–Crippen MR) is 99.3 cm³/mol. The van der Waals surface area contributed by atoms with Gasteiger partial charge in [0.1, 0.15) is 6.04 Å². The average molecular weight is 366 g/mol. The van der Waals surface area contributed by atoms with Crippen LogP contribution in [-0.2, 0) is 19.1 Å². The maximum atomic E-state index is 12.0. The van der Waals surface area contributed by atoms with Gasteiger partial charge in [0, 0.05) is 0 Å². The van der Waals surface area contributed by atoms with E-state index in [0.29, 0.717) is 25.0 Å². The van der Waals surface area contributed by atoms with Gasteiger partial charge in [-0.05, 0) is 42.9 Å². The Morgan fingerprint density at radius 1 is 0.654 bits per heavy atom. The largest absolute Gasteiger partial charge is 0.466 e. The molecule has 0 spiro atoms. The number of esters is 2. The Morgan fingerprint density at radius 3 is 1.65 bits per heavy atom. The number of hydrogen-bond acceptors (Lipinski definition) is 5. The number of rotatable bonds is 0. The highest BCUT2D eigenvalue weighted by molar-refractivity contribution is 5.82. The zero-order chi connectivity index (χ0) is 18.4. The molecule has 148 valence electrons. The lowest BCUT2D eigenvalue weighted by Crippen LogP contribution is -2.35. The SMILES string of the molecule is N[C@H]1CC(=O)OCCC2CCC(CC2)CC2CCC(CCOC1=O)CC2. The van der Waals surface area contributed by atoms with Crippen LogP contribution >= 0.6 is 0 Å². The first kappa shape index (κ1) is 19.7. The molecule has 5 nitrogen and oxygen atoms in total. The second-order valence-electron chi connectivity index (χ2n) is 8.79. The Morgan fingerprint density at radius 2 is 1.12 bits per heavy atom. The molecule has 0 aromatic rings. The molecule has 2 N–H and O–H groups in total. The molecule has 26 heavy (non-hydrogen) atoms. The molecule has 5 rings (SSSR count). The van der Waals surface area contributed by atoms with Crippen LogP contribution in [0.2, 0.25) is 0 Å². The second kappa shape index (κ2) is 9.72. The number of carbonyl (C=O) groups excluding carboxylic acids is 2. The fourth-order valence-corrected chi connectivity index (χ4v) is 5.08. The van der Waals surface area contributed by atoms with Gasteiger partial charge in [-0.15, -0.1) is 0 Å². The number of nitrogens with two attached hydrogens (primary N) is 1. The predicted octanol–water partition coefficient (Wildman–Crippen LogP) is 3.59. The fourth-order valence-electron chi connectivity index (χ4n) is 5.08. The van der Waals surface area contributed by atoms with Crippen LogP contribution < -0.4 is 5.73 Å². The molecule has 0 amide bonds. The van der Waals surface area contributed by atoms with Gasteiger partial charge in [0.05, 0.1) is 19.6 Å². The summed E-state index contributed by atoms with van der Waals surface area (Å²) in [5.74, 6) is 2.27. The molecule has 2 aliphatic carbocycles. The molecule has 5 aliphatic rings. The van der Waals surface area contributed by atoms with Crippen molar-refractivity contribution >= 4 is 11.9 Å². The zero-order valence-corrected chi connectivity index (χ0v) is 16.0. The summed E-state index contributed by atoms with van der Waals surface area (Å²) >= 11 is 0. The van der Waals surface area contributed by atoms with Crippen molar-refractivity contribution in [3.8, 4) is 0 Å². The molecule has 5 heteroatoms. The van der Waals surface area contributed by atoms with Crippen molar-refractivity contribution in [3.05, 3.63) is 0 Å². The highest BCUT2D eigenvalue weighted by Crippen LogP contribution is 2.39. The molecular weight excluding hydrogens is 330 g/mol. The molecule has 2 saturated carbocycles. The van der Waals surface area contributed by atoms with Gasteiger partial charge in [0.2, 0.25) is 0 Å². The summed E-state index contributed by atoms with van der Waals surface area (Å²) in [7, 11) is 0. The Bertz CT molecular complexity index is 465. The molecule has 5 fully saturated rings. The lowest BCUT2D eigenvalue weighted by molar-refractivity contribution is -0.152. The molecule has 1 atom stereocenters. The number of ether oxygens (including phenoxy) is 2. The van der Waals surface area contributed by atoms with E-state index in [1.807, 2.05) is 0 Å². The van der Waals surface area contributed by atoms with Gasteiger partial charge in [-0.1, -0.05) is 51.4 Å². The van der Waals surface area contributed by atoms with Crippen molar-refractivity contribution in [3.63, 3.8) is 0 Å². The third-order valence-corrected chi connectivity index (χ3v) is 6.85. The van der Waals surface area contributed by atoms with E-state index >= 15 is 0 Å². The molecule has 0 aromatic heterocycles. The Labute approximate surface area is 157 Å². The van der Waals surface area contributed by atoms with E-state index in [-0.39, 0.29) is 12.4 Å². The van der Waals surface area contributed by atoms with Crippen molar-refractivity contribution < 1.29 is 19.1 Å². The third-order valence-electron chi connectivity index (χ3n) is 6.85. The Balaban J connectivity index is 1.55. The van der Waals surface area contributed by atoms with Gasteiger partial charge >= 0.3 is 11.9 Å². The maximum absolute atomic E-state index is 12.0. The quantitative estimate of drug-likeness (QED) is 0.664. The first-order chi connectivity index (χ1) is 12.6. The number of carbonyl (C=O) groups is 2. The molecule has 3 aliphatic heterocycles. The van der Waals surface area contributed by atoms with Gasteiger partial charge in [-0.25, -0.2) is 0 Å². The lowest BCUT2D eigenvalue weighted by Gasteiger charge is -2.34. The second-order valence-corrected chi connectivity index (χ2v) is 8.79. The zero-order valence-electron chi connectivity index (χ0n) is 16.0. The van der Waals surface area contributed by atoms with Crippen LogP contribution in [0.3, 0.4) is 0 Å². The van der Waals surface area contributed by atoms with Crippen LogP contribution in [-0.4, -0.2) is 31.2 Å². The van der Waals surface area contributed by atoms with Crippen molar-refractivity contribution in [1.29, 1.82) is 0 Å². The number of hydrogen-bond donors (Lipinski definition) is 1. The van der Waals surface area contributed by atoms with Crippen molar-refractivity contribution in [2.45, 2.75) is 83.1 Å². The minimum Gasteiger partial charge on any atom is -0.466 e. The minimum atomic E-state index is -0.907. The van der Waals surface area contributed by atoms with Gasteiger partial charge in [-0.2, -0.15) is 0 Å². The summed E-state index contributed by atoms with van der Waals surface area (Å²) in [6, 6.07) is -0.907. The molecule has 3 heterocycles. The van der Waals surface area contributed by atoms with E-state index in [2.05, 4.69) is 0 Å². The number of fused-ring (bicyclic) bond motifs is 2. The Kier molecular flexibility index (Phi) is 7.35. The van der Waals surface area contributed by atoms with Crippen molar-refractivity contribution in [1.82, 2.24) is 0 Å². The molecule has 4 bridgehead atoms. The highest BCUT2D eigenvalue weighted by atomic mass is 16.5. The highest BCUT2D eigenvalue weighted by Gasteiger charge is 2.28. The summed E-state index contributed by atoms with van der Waals surface area (Å²) in [4.78, 5) is 23.8. The van der Waals surface area contributed by atoms with E-state index in [9.17, 15) is 9.59 Å². The monoisotopic (exact) mass is 365 g/mol. The summed E-state index contributed by atoms with van der Waals surface area (Å²) in [6.45, 7) is 0.863. The van der Waals surface area contributed by atoms with E-state index in [1.54, 1.807) is 0 Å².